The van der Waals surface area contributed by atoms with E-state index in [4.69, 9.17) is 15.3 Å². The average Bonchev–Trinajstić information content (AvgIpc) is 2.22. The van der Waals surface area contributed by atoms with Crippen LogP contribution in [0.5, 0.6) is 0 Å². The lowest BCUT2D eigenvalue weighted by Gasteiger charge is -2.15. The van der Waals surface area contributed by atoms with Gasteiger partial charge in [-0.05, 0) is 19.3 Å². The van der Waals surface area contributed by atoms with Crippen molar-refractivity contribution in [2.45, 2.75) is 33.1 Å². The Morgan fingerprint density at radius 3 is 1.65 bits per heavy atom. The Kier molecular flexibility index (Phi) is 6.23. The summed E-state index contributed by atoms with van der Waals surface area (Å²) in [7, 11) is 0. The molecule has 0 aliphatic carbocycles. The summed E-state index contributed by atoms with van der Waals surface area (Å²) in [5, 5.41) is 26.3. The molecular formula is C11H18O6. The summed E-state index contributed by atoms with van der Waals surface area (Å²) in [6, 6.07) is 0. The van der Waals surface area contributed by atoms with Gasteiger partial charge in [0.2, 0.25) is 0 Å². The van der Waals surface area contributed by atoms with Crippen molar-refractivity contribution in [1.29, 1.82) is 0 Å². The molecule has 0 rings (SSSR count). The number of carboxylic acids is 3. The van der Waals surface area contributed by atoms with Crippen LogP contribution in [0.25, 0.3) is 0 Å². The molecule has 6 nitrogen and oxygen atoms in total. The maximum absolute atomic E-state index is 10.9. The van der Waals surface area contributed by atoms with E-state index in [-0.39, 0.29) is 19.3 Å². The first-order chi connectivity index (χ1) is 7.75. The highest BCUT2D eigenvalue weighted by Crippen LogP contribution is 2.20. The summed E-state index contributed by atoms with van der Waals surface area (Å²) >= 11 is 0. The number of aliphatic carboxylic acids is 3. The fourth-order valence-corrected chi connectivity index (χ4v) is 1.44. The Hall–Kier alpha value is -1.59. The van der Waals surface area contributed by atoms with Crippen LogP contribution in [0.3, 0.4) is 0 Å². The minimum atomic E-state index is -1.07. The molecule has 0 aliphatic rings. The van der Waals surface area contributed by atoms with Gasteiger partial charge in [-0.25, -0.2) is 0 Å². The topological polar surface area (TPSA) is 112 Å². The van der Waals surface area contributed by atoms with E-state index < -0.39 is 35.7 Å². The predicted molar refractivity (Wildman–Crippen MR) is 58.6 cm³/mol. The second-order valence-electron chi connectivity index (χ2n) is 4.33. The SMILES string of the molecule is CC(CCC(CC(C)C(=O)O)C(=O)O)C(=O)O. The quantitative estimate of drug-likeness (QED) is 0.595. The van der Waals surface area contributed by atoms with Gasteiger partial charge in [0.15, 0.2) is 0 Å². The van der Waals surface area contributed by atoms with Crippen LogP contribution < -0.4 is 0 Å². The molecule has 0 radical (unpaired) electrons. The molecule has 0 bridgehead atoms. The first-order valence-electron chi connectivity index (χ1n) is 5.44. The Balaban J connectivity index is 4.31. The third kappa shape index (κ3) is 5.89. The van der Waals surface area contributed by atoms with Crippen molar-refractivity contribution in [3.63, 3.8) is 0 Å². The number of carboxylic acid groups (broad SMARTS) is 3. The molecule has 0 fully saturated rings. The summed E-state index contributed by atoms with van der Waals surface area (Å²) in [6.07, 6.45) is 0.441. The lowest BCUT2D eigenvalue weighted by molar-refractivity contribution is -0.147. The van der Waals surface area contributed by atoms with Gasteiger partial charge in [0.05, 0.1) is 17.8 Å². The van der Waals surface area contributed by atoms with Gasteiger partial charge in [0, 0.05) is 0 Å². The van der Waals surface area contributed by atoms with Crippen LogP contribution in [0.15, 0.2) is 0 Å². The Morgan fingerprint density at radius 1 is 0.824 bits per heavy atom. The van der Waals surface area contributed by atoms with Gasteiger partial charge in [0.25, 0.3) is 0 Å². The maximum atomic E-state index is 10.9. The highest BCUT2D eigenvalue weighted by atomic mass is 16.4. The van der Waals surface area contributed by atoms with E-state index in [1.54, 1.807) is 0 Å². The molecule has 0 amide bonds. The van der Waals surface area contributed by atoms with E-state index in [9.17, 15) is 14.4 Å². The lowest BCUT2D eigenvalue weighted by Crippen LogP contribution is -2.22. The molecule has 0 aliphatic heterocycles. The van der Waals surface area contributed by atoms with Gasteiger partial charge in [0.1, 0.15) is 0 Å². The minimum Gasteiger partial charge on any atom is -0.481 e. The van der Waals surface area contributed by atoms with E-state index >= 15 is 0 Å². The Labute approximate surface area is 99.3 Å². The van der Waals surface area contributed by atoms with Crippen molar-refractivity contribution >= 4 is 17.9 Å². The van der Waals surface area contributed by atoms with E-state index in [2.05, 4.69) is 0 Å². The highest BCUT2D eigenvalue weighted by molar-refractivity contribution is 5.73. The first-order valence-corrected chi connectivity index (χ1v) is 5.44. The van der Waals surface area contributed by atoms with Gasteiger partial charge in [-0.1, -0.05) is 13.8 Å². The molecule has 3 unspecified atom stereocenters. The molecule has 17 heavy (non-hydrogen) atoms. The van der Waals surface area contributed by atoms with Crippen molar-refractivity contribution in [2.75, 3.05) is 0 Å². The summed E-state index contributed by atoms with van der Waals surface area (Å²) in [6.45, 7) is 2.95. The molecule has 0 heterocycles. The third-order valence-corrected chi connectivity index (χ3v) is 2.78. The van der Waals surface area contributed by atoms with E-state index in [0.29, 0.717) is 0 Å². The molecule has 98 valence electrons. The van der Waals surface area contributed by atoms with Crippen LogP contribution in [0.4, 0.5) is 0 Å². The molecule has 0 aromatic carbocycles. The van der Waals surface area contributed by atoms with Gasteiger partial charge in [-0.15, -0.1) is 0 Å². The molecule has 0 aromatic rings. The average molecular weight is 246 g/mol. The standard InChI is InChI=1S/C11H18O6/c1-6(9(12)13)3-4-8(11(16)17)5-7(2)10(14)15/h6-8H,3-5H2,1-2H3,(H,12,13)(H,14,15)(H,16,17). The molecule has 3 atom stereocenters. The van der Waals surface area contributed by atoms with Gasteiger partial charge >= 0.3 is 17.9 Å². The lowest BCUT2D eigenvalue weighted by atomic mass is 9.89. The normalized spacial score (nSPS) is 15.9. The Bertz CT molecular complexity index is 298. The molecular weight excluding hydrogens is 228 g/mol. The third-order valence-electron chi connectivity index (χ3n) is 2.78. The zero-order valence-electron chi connectivity index (χ0n) is 9.92. The van der Waals surface area contributed by atoms with Crippen LogP contribution >= 0.6 is 0 Å². The zero-order valence-corrected chi connectivity index (χ0v) is 9.92. The molecule has 0 saturated heterocycles. The van der Waals surface area contributed by atoms with Crippen LogP contribution in [0.2, 0.25) is 0 Å². The monoisotopic (exact) mass is 246 g/mol. The summed E-state index contributed by atoms with van der Waals surface area (Å²) in [4.78, 5) is 32.1. The van der Waals surface area contributed by atoms with Crippen LogP contribution in [0.1, 0.15) is 33.1 Å². The van der Waals surface area contributed by atoms with Crippen molar-refractivity contribution in [2.24, 2.45) is 17.8 Å². The summed E-state index contributed by atoms with van der Waals surface area (Å²) in [5.41, 5.74) is 0. The largest absolute Gasteiger partial charge is 0.481 e. The van der Waals surface area contributed by atoms with Crippen molar-refractivity contribution in [1.82, 2.24) is 0 Å². The van der Waals surface area contributed by atoms with Crippen LogP contribution in [-0.4, -0.2) is 33.2 Å². The predicted octanol–water partition coefficient (Wildman–Crippen LogP) is 1.30. The second kappa shape index (κ2) is 6.88. The zero-order chi connectivity index (χ0) is 13.6. The van der Waals surface area contributed by atoms with E-state index in [1.165, 1.54) is 13.8 Å². The highest BCUT2D eigenvalue weighted by Gasteiger charge is 2.25. The molecule has 0 spiro atoms. The van der Waals surface area contributed by atoms with Crippen molar-refractivity contribution in [3.05, 3.63) is 0 Å². The molecule has 3 N–H and O–H groups in total. The van der Waals surface area contributed by atoms with Gasteiger partial charge in [-0.2, -0.15) is 0 Å². The fourth-order valence-electron chi connectivity index (χ4n) is 1.44. The number of hydrogen-bond donors (Lipinski definition) is 3. The van der Waals surface area contributed by atoms with Gasteiger partial charge in [-0.3, -0.25) is 14.4 Å². The second-order valence-corrected chi connectivity index (χ2v) is 4.33. The van der Waals surface area contributed by atoms with Crippen LogP contribution in [0, 0.1) is 17.8 Å². The Morgan fingerprint density at radius 2 is 1.29 bits per heavy atom. The van der Waals surface area contributed by atoms with E-state index in [1.807, 2.05) is 0 Å². The molecule has 0 aromatic heterocycles. The number of rotatable bonds is 8. The smallest absolute Gasteiger partial charge is 0.306 e. The number of carbonyl (C=O) groups is 3. The summed E-state index contributed by atoms with van der Waals surface area (Å²) in [5.74, 6) is -5.24. The van der Waals surface area contributed by atoms with Crippen molar-refractivity contribution in [3.8, 4) is 0 Å². The minimum absolute atomic E-state index is 0.0248. The maximum Gasteiger partial charge on any atom is 0.306 e. The molecule has 6 heteroatoms. The first kappa shape index (κ1) is 15.4. The summed E-state index contributed by atoms with van der Waals surface area (Å²) < 4.78 is 0. The van der Waals surface area contributed by atoms with Gasteiger partial charge < -0.3 is 15.3 Å². The number of hydrogen-bond acceptors (Lipinski definition) is 3. The fraction of sp³-hybridized carbons (Fsp3) is 0.727. The van der Waals surface area contributed by atoms with Crippen molar-refractivity contribution < 1.29 is 29.7 Å². The van der Waals surface area contributed by atoms with Crippen LogP contribution in [-0.2, 0) is 14.4 Å². The molecule has 0 saturated carbocycles. The van der Waals surface area contributed by atoms with E-state index in [0.717, 1.165) is 0 Å².